The van der Waals surface area contributed by atoms with Crippen molar-refractivity contribution in [2.24, 2.45) is 17.3 Å². The van der Waals surface area contributed by atoms with Gasteiger partial charge in [0.2, 0.25) is 0 Å². The fraction of sp³-hybridized carbons (Fsp3) is 0.579. The molecule has 0 spiro atoms. The van der Waals surface area contributed by atoms with E-state index in [1.165, 1.54) is 0 Å². The average molecular weight is 333 g/mol. The molecule has 0 bridgehead atoms. The highest BCUT2D eigenvalue weighted by Crippen LogP contribution is 2.38. The van der Waals surface area contributed by atoms with E-state index in [-0.39, 0.29) is 18.4 Å². The molecule has 1 aromatic rings. The zero-order chi connectivity index (χ0) is 17.9. The van der Waals surface area contributed by atoms with E-state index >= 15 is 0 Å². The minimum atomic E-state index is -0.837. The van der Waals surface area contributed by atoms with Crippen molar-refractivity contribution in [3.8, 4) is 5.75 Å². The number of carboxylic acids is 1. The third kappa shape index (κ3) is 3.71. The topological polar surface area (TPSA) is 66.8 Å². The van der Waals surface area contributed by atoms with Gasteiger partial charge in [-0.1, -0.05) is 27.7 Å². The summed E-state index contributed by atoms with van der Waals surface area (Å²) in [5.41, 5.74) is -0.271. The summed E-state index contributed by atoms with van der Waals surface area (Å²) in [7, 11) is 0. The number of hydrogen-bond acceptors (Lipinski definition) is 3. The Labute approximate surface area is 143 Å². The van der Waals surface area contributed by atoms with Crippen LogP contribution in [-0.2, 0) is 4.79 Å². The van der Waals surface area contributed by atoms with Crippen molar-refractivity contribution < 1.29 is 19.4 Å². The molecule has 0 aliphatic carbocycles. The van der Waals surface area contributed by atoms with Crippen molar-refractivity contribution in [3.05, 3.63) is 29.8 Å². The quantitative estimate of drug-likeness (QED) is 0.867. The van der Waals surface area contributed by atoms with Crippen LogP contribution in [0.25, 0.3) is 0 Å². The molecular weight excluding hydrogens is 306 g/mol. The summed E-state index contributed by atoms with van der Waals surface area (Å²) in [6, 6.07) is 7.07. The molecule has 1 amide bonds. The van der Waals surface area contributed by atoms with Gasteiger partial charge in [-0.3, -0.25) is 9.59 Å². The Bertz CT molecular complexity index is 594. The van der Waals surface area contributed by atoms with Gasteiger partial charge in [-0.25, -0.2) is 0 Å². The molecule has 132 valence electrons. The first-order chi connectivity index (χ1) is 11.3. The van der Waals surface area contributed by atoms with Gasteiger partial charge in [0, 0.05) is 18.7 Å². The first-order valence-electron chi connectivity index (χ1n) is 8.52. The van der Waals surface area contributed by atoms with E-state index in [0.29, 0.717) is 31.1 Å². The molecule has 5 heteroatoms. The zero-order valence-electron chi connectivity index (χ0n) is 14.9. The van der Waals surface area contributed by atoms with Gasteiger partial charge in [-0.2, -0.15) is 0 Å². The molecule has 0 radical (unpaired) electrons. The van der Waals surface area contributed by atoms with Gasteiger partial charge in [0.1, 0.15) is 5.75 Å². The minimum Gasteiger partial charge on any atom is -0.493 e. The molecule has 0 saturated carbocycles. The summed E-state index contributed by atoms with van der Waals surface area (Å²) in [5, 5.41) is 9.59. The van der Waals surface area contributed by atoms with Crippen molar-refractivity contribution in [3.63, 3.8) is 0 Å². The fourth-order valence-electron chi connectivity index (χ4n) is 3.04. The number of amides is 1. The lowest BCUT2D eigenvalue weighted by Gasteiger charge is -2.28. The molecule has 0 aromatic heterocycles. The van der Waals surface area contributed by atoms with Crippen molar-refractivity contribution >= 4 is 11.9 Å². The summed E-state index contributed by atoms with van der Waals surface area (Å²) in [5.74, 6) is 0.235. The molecule has 1 unspecified atom stereocenters. The smallest absolute Gasteiger partial charge is 0.311 e. The van der Waals surface area contributed by atoms with Gasteiger partial charge < -0.3 is 14.7 Å². The molecule has 1 fully saturated rings. The molecule has 1 N–H and O–H groups in total. The van der Waals surface area contributed by atoms with E-state index in [2.05, 4.69) is 13.8 Å². The molecule has 5 nitrogen and oxygen atoms in total. The molecule has 1 saturated heterocycles. The number of carboxylic acid groups (broad SMARTS) is 1. The summed E-state index contributed by atoms with van der Waals surface area (Å²) < 4.78 is 5.62. The summed E-state index contributed by atoms with van der Waals surface area (Å²) in [6.07, 6.45) is 0.501. The van der Waals surface area contributed by atoms with Gasteiger partial charge in [-0.15, -0.1) is 0 Å². The first-order valence-corrected chi connectivity index (χ1v) is 8.52. The van der Waals surface area contributed by atoms with Crippen molar-refractivity contribution in [1.29, 1.82) is 0 Å². The number of likely N-dealkylation sites (tertiary alicyclic amines) is 1. The maximum Gasteiger partial charge on any atom is 0.311 e. The summed E-state index contributed by atoms with van der Waals surface area (Å²) in [4.78, 5) is 26.0. The van der Waals surface area contributed by atoms with Gasteiger partial charge >= 0.3 is 5.97 Å². The first kappa shape index (κ1) is 18.3. The van der Waals surface area contributed by atoms with Gasteiger partial charge in [0.25, 0.3) is 5.91 Å². The second-order valence-electron chi connectivity index (χ2n) is 7.32. The summed E-state index contributed by atoms with van der Waals surface area (Å²) >= 11 is 0. The monoisotopic (exact) mass is 333 g/mol. The van der Waals surface area contributed by atoms with E-state index in [1.807, 2.05) is 13.8 Å². The highest BCUT2D eigenvalue weighted by atomic mass is 16.5. The molecule has 1 heterocycles. The Morgan fingerprint density at radius 3 is 2.29 bits per heavy atom. The zero-order valence-corrected chi connectivity index (χ0v) is 14.9. The lowest BCUT2D eigenvalue weighted by Crippen LogP contribution is -2.40. The van der Waals surface area contributed by atoms with Crippen LogP contribution < -0.4 is 4.74 Å². The van der Waals surface area contributed by atoms with Crippen LogP contribution in [0.4, 0.5) is 0 Å². The number of ether oxygens (including phenoxy) is 1. The van der Waals surface area contributed by atoms with E-state index in [1.54, 1.807) is 29.2 Å². The predicted molar refractivity (Wildman–Crippen MR) is 92.2 cm³/mol. The Hall–Kier alpha value is -2.04. The standard InChI is InChI=1S/C19H27NO4/c1-13(2)11-24-16-7-5-15(6-8-16)17(21)20-10-9-19(12-20,14(3)4)18(22)23/h5-8,13-14H,9-12H2,1-4H3,(H,22,23). The van der Waals surface area contributed by atoms with E-state index in [9.17, 15) is 14.7 Å². The Kier molecular flexibility index (Phi) is 5.52. The van der Waals surface area contributed by atoms with E-state index in [0.717, 1.165) is 5.75 Å². The molecule has 2 rings (SSSR count). The van der Waals surface area contributed by atoms with E-state index in [4.69, 9.17) is 4.74 Å². The molecular formula is C19H27NO4. The lowest BCUT2D eigenvalue weighted by molar-refractivity contribution is -0.150. The fourth-order valence-corrected chi connectivity index (χ4v) is 3.04. The molecule has 1 aliphatic rings. The molecule has 1 aliphatic heterocycles. The second kappa shape index (κ2) is 7.24. The average Bonchev–Trinajstić information content (AvgIpc) is 2.99. The number of rotatable bonds is 6. The largest absolute Gasteiger partial charge is 0.493 e. The maximum absolute atomic E-state index is 12.6. The number of hydrogen-bond donors (Lipinski definition) is 1. The number of aliphatic carboxylic acids is 1. The van der Waals surface area contributed by atoms with Gasteiger partial charge in [0.15, 0.2) is 0 Å². The second-order valence-corrected chi connectivity index (χ2v) is 7.32. The molecule has 24 heavy (non-hydrogen) atoms. The Morgan fingerprint density at radius 1 is 1.21 bits per heavy atom. The van der Waals surface area contributed by atoms with Gasteiger partial charge in [-0.05, 0) is 42.5 Å². The highest BCUT2D eigenvalue weighted by Gasteiger charge is 2.48. The van der Waals surface area contributed by atoms with Crippen LogP contribution in [0.15, 0.2) is 24.3 Å². The highest BCUT2D eigenvalue weighted by molar-refractivity contribution is 5.95. The number of carbonyl (C=O) groups excluding carboxylic acids is 1. The van der Waals surface area contributed by atoms with Crippen molar-refractivity contribution in [2.45, 2.75) is 34.1 Å². The van der Waals surface area contributed by atoms with E-state index < -0.39 is 11.4 Å². The SMILES string of the molecule is CC(C)COc1ccc(C(=O)N2CCC(C(=O)O)(C(C)C)C2)cc1. The van der Waals surface area contributed by atoms with Crippen LogP contribution in [0, 0.1) is 17.3 Å². The van der Waals surface area contributed by atoms with Crippen molar-refractivity contribution in [2.75, 3.05) is 19.7 Å². The number of benzene rings is 1. The van der Waals surface area contributed by atoms with Crippen molar-refractivity contribution in [1.82, 2.24) is 4.90 Å². The van der Waals surface area contributed by atoms with Crippen LogP contribution in [0.5, 0.6) is 5.75 Å². The normalized spacial score (nSPS) is 20.7. The molecule has 1 aromatic carbocycles. The maximum atomic E-state index is 12.6. The van der Waals surface area contributed by atoms with Crippen LogP contribution >= 0.6 is 0 Å². The van der Waals surface area contributed by atoms with Crippen LogP contribution in [-0.4, -0.2) is 41.6 Å². The number of carbonyl (C=O) groups is 2. The summed E-state index contributed by atoms with van der Waals surface area (Å²) in [6.45, 7) is 9.35. The van der Waals surface area contributed by atoms with Crippen LogP contribution in [0.2, 0.25) is 0 Å². The van der Waals surface area contributed by atoms with Gasteiger partial charge in [0.05, 0.1) is 12.0 Å². The predicted octanol–water partition coefficient (Wildman–Crippen LogP) is 3.29. The Balaban J connectivity index is 2.06. The minimum absolute atomic E-state index is 0.0143. The van der Waals surface area contributed by atoms with Crippen LogP contribution in [0.3, 0.4) is 0 Å². The van der Waals surface area contributed by atoms with Crippen LogP contribution in [0.1, 0.15) is 44.5 Å². The third-order valence-electron chi connectivity index (χ3n) is 4.80. The molecule has 1 atom stereocenters. The Morgan fingerprint density at radius 2 is 1.83 bits per heavy atom. The number of nitrogens with zero attached hydrogens (tertiary/aromatic N) is 1. The third-order valence-corrected chi connectivity index (χ3v) is 4.80. The lowest BCUT2D eigenvalue weighted by atomic mass is 9.76.